The quantitative estimate of drug-likeness (QED) is 0.340. The number of rotatable bonds is 12. The lowest BCUT2D eigenvalue weighted by Gasteiger charge is -2.12. The molecule has 8 heteroatoms. The number of amides is 2. The third-order valence-corrected chi connectivity index (χ3v) is 5.48. The van der Waals surface area contributed by atoms with Crippen LogP contribution in [0.1, 0.15) is 28.8 Å². The third-order valence-electron chi connectivity index (χ3n) is 5.22. The van der Waals surface area contributed by atoms with Gasteiger partial charge in [-0.05, 0) is 66.9 Å². The van der Waals surface area contributed by atoms with E-state index in [1.165, 1.54) is 0 Å². The minimum absolute atomic E-state index is 0.185. The molecule has 0 aliphatic carbocycles. The highest BCUT2D eigenvalue weighted by molar-refractivity contribution is 6.30. The molecule has 0 bridgehead atoms. The zero-order valence-electron chi connectivity index (χ0n) is 19.8. The van der Waals surface area contributed by atoms with Gasteiger partial charge in [-0.3, -0.25) is 9.59 Å². The Morgan fingerprint density at radius 3 is 2.40 bits per heavy atom. The van der Waals surface area contributed by atoms with E-state index in [0.717, 1.165) is 5.56 Å². The van der Waals surface area contributed by atoms with Crippen molar-refractivity contribution in [1.82, 2.24) is 5.32 Å². The average molecular weight is 497 g/mol. The summed E-state index contributed by atoms with van der Waals surface area (Å²) in [7, 11) is 3.17. The summed E-state index contributed by atoms with van der Waals surface area (Å²) in [5.74, 6) is 1.55. The molecule has 0 aliphatic rings. The SMILES string of the molecule is COc1ccc(CCNC(=O)c2ccccc2NC(=O)CCCOc2ccc(Cl)cc2)cc1OC. The van der Waals surface area contributed by atoms with Crippen molar-refractivity contribution in [3.05, 3.63) is 82.9 Å². The first-order chi connectivity index (χ1) is 17.0. The minimum atomic E-state index is -0.257. The van der Waals surface area contributed by atoms with Gasteiger partial charge in [0.2, 0.25) is 5.91 Å². The van der Waals surface area contributed by atoms with Crippen LogP contribution in [0.25, 0.3) is 0 Å². The number of carbonyl (C=O) groups is 2. The zero-order chi connectivity index (χ0) is 25.0. The van der Waals surface area contributed by atoms with E-state index >= 15 is 0 Å². The van der Waals surface area contributed by atoms with Gasteiger partial charge in [-0.2, -0.15) is 0 Å². The molecule has 0 atom stereocenters. The van der Waals surface area contributed by atoms with Gasteiger partial charge in [0.05, 0.1) is 32.1 Å². The van der Waals surface area contributed by atoms with Crippen molar-refractivity contribution >= 4 is 29.1 Å². The first kappa shape index (κ1) is 25.9. The predicted octanol–water partition coefficient (Wildman–Crippen LogP) is 5.13. The standard InChI is InChI=1S/C27H29ClN2O5/c1-33-24-14-9-19(18-25(24)34-2)15-16-29-27(32)22-6-3-4-7-23(22)30-26(31)8-5-17-35-21-12-10-20(28)11-13-21/h3-4,6-7,9-14,18H,5,8,15-17H2,1-2H3,(H,29,32)(H,30,31). The fourth-order valence-electron chi connectivity index (χ4n) is 3.41. The summed E-state index contributed by atoms with van der Waals surface area (Å²) in [5, 5.41) is 6.38. The predicted molar refractivity (Wildman–Crippen MR) is 137 cm³/mol. The molecular formula is C27H29ClN2O5. The van der Waals surface area contributed by atoms with Crippen LogP contribution in [0.5, 0.6) is 17.2 Å². The van der Waals surface area contributed by atoms with Crippen molar-refractivity contribution in [2.75, 3.05) is 32.7 Å². The number of hydrogen-bond acceptors (Lipinski definition) is 5. The molecule has 0 aliphatic heterocycles. The molecule has 3 rings (SSSR count). The number of nitrogens with one attached hydrogen (secondary N) is 2. The lowest BCUT2D eigenvalue weighted by atomic mass is 10.1. The van der Waals surface area contributed by atoms with Crippen LogP contribution in [0.4, 0.5) is 5.69 Å². The average Bonchev–Trinajstić information content (AvgIpc) is 2.87. The number of anilines is 1. The summed E-state index contributed by atoms with van der Waals surface area (Å²) in [6, 6.07) is 19.6. The molecule has 0 aromatic heterocycles. The van der Waals surface area contributed by atoms with Crippen LogP contribution in [-0.4, -0.2) is 39.2 Å². The Balaban J connectivity index is 1.47. The maximum atomic E-state index is 12.8. The minimum Gasteiger partial charge on any atom is -0.494 e. The number of benzene rings is 3. The van der Waals surface area contributed by atoms with Crippen molar-refractivity contribution in [2.45, 2.75) is 19.3 Å². The normalized spacial score (nSPS) is 10.4. The number of halogens is 1. The molecule has 0 unspecified atom stereocenters. The molecule has 0 fully saturated rings. The lowest BCUT2D eigenvalue weighted by molar-refractivity contribution is -0.116. The van der Waals surface area contributed by atoms with E-state index < -0.39 is 0 Å². The van der Waals surface area contributed by atoms with Crippen LogP contribution in [0.2, 0.25) is 5.02 Å². The summed E-state index contributed by atoms with van der Waals surface area (Å²) in [5.41, 5.74) is 1.88. The van der Waals surface area contributed by atoms with E-state index in [9.17, 15) is 9.59 Å². The van der Waals surface area contributed by atoms with Crippen LogP contribution in [0, 0.1) is 0 Å². The smallest absolute Gasteiger partial charge is 0.253 e. The molecule has 3 aromatic rings. The van der Waals surface area contributed by atoms with Gasteiger partial charge in [0.1, 0.15) is 5.75 Å². The van der Waals surface area contributed by atoms with Crippen molar-refractivity contribution in [3.63, 3.8) is 0 Å². The maximum absolute atomic E-state index is 12.8. The van der Waals surface area contributed by atoms with Gasteiger partial charge < -0.3 is 24.8 Å². The molecule has 0 saturated heterocycles. The number of ether oxygens (including phenoxy) is 3. The summed E-state index contributed by atoms with van der Waals surface area (Å²) < 4.78 is 16.2. The monoisotopic (exact) mass is 496 g/mol. The van der Waals surface area contributed by atoms with Crippen LogP contribution in [-0.2, 0) is 11.2 Å². The van der Waals surface area contributed by atoms with Crippen LogP contribution in [0.3, 0.4) is 0 Å². The second-order valence-corrected chi connectivity index (χ2v) is 8.13. The van der Waals surface area contributed by atoms with Crippen molar-refractivity contribution in [3.8, 4) is 17.2 Å². The Morgan fingerprint density at radius 2 is 1.66 bits per heavy atom. The second kappa shape index (κ2) is 13.2. The van der Waals surface area contributed by atoms with E-state index in [1.807, 2.05) is 18.2 Å². The molecule has 0 radical (unpaired) electrons. The number of hydrogen-bond donors (Lipinski definition) is 2. The Labute approximate surface area is 210 Å². The van der Waals surface area contributed by atoms with Gasteiger partial charge in [0.15, 0.2) is 11.5 Å². The number of para-hydroxylation sites is 1. The molecule has 0 heterocycles. The number of methoxy groups -OCH3 is 2. The zero-order valence-corrected chi connectivity index (χ0v) is 20.6. The Hall–Kier alpha value is -3.71. The van der Waals surface area contributed by atoms with Crippen LogP contribution < -0.4 is 24.8 Å². The van der Waals surface area contributed by atoms with Crippen molar-refractivity contribution in [1.29, 1.82) is 0 Å². The summed E-state index contributed by atoms with van der Waals surface area (Å²) in [6.45, 7) is 0.825. The third kappa shape index (κ3) is 7.93. The van der Waals surface area contributed by atoms with Crippen molar-refractivity contribution in [2.24, 2.45) is 0 Å². The van der Waals surface area contributed by atoms with Gasteiger partial charge in [-0.1, -0.05) is 29.8 Å². The summed E-state index contributed by atoms with van der Waals surface area (Å²) in [4.78, 5) is 25.2. The fraction of sp³-hybridized carbons (Fsp3) is 0.259. The van der Waals surface area contributed by atoms with E-state index in [4.69, 9.17) is 25.8 Å². The summed E-state index contributed by atoms with van der Waals surface area (Å²) in [6.07, 6.45) is 1.42. The molecular weight excluding hydrogens is 468 g/mol. The van der Waals surface area contributed by atoms with Crippen LogP contribution >= 0.6 is 11.6 Å². The second-order valence-electron chi connectivity index (χ2n) is 7.69. The Kier molecular flexibility index (Phi) is 9.80. The summed E-state index contributed by atoms with van der Waals surface area (Å²) >= 11 is 5.86. The van der Waals surface area contributed by atoms with Gasteiger partial charge in [-0.25, -0.2) is 0 Å². The first-order valence-corrected chi connectivity index (χ1v) is 11.6. The van der Waals surface area contributed by atoms with E-state index in [0.29, 0.717) is 59.5 Å². The molecule has 35 heavy (non-hydrogen) atoms. The molecule has 2 N–H and O–H groups in total. The highest BCUT2D eigenvalue weighted by Gasteiger charge is 2.13. The molecule has 0 spiro atoms. The highest BCUT2D eigenvalue weighted by atomic mass is 35.5. The lowest BCUT2D eigenvalue weighted by Crippen LogP contribution is -2.27. The topological polar surface area (TPSA) is 85.9 Å². The molecule has 2 amide bonds. The molecule has 7 nitrogen and oxygen atoms in total. The molecule has 3 aromatic carbocycles. The fourth-order valence-corrected chi connectivity index (χ4v) is 3.53. The van der Waals surface area contributed by atoms with Gasteiger partial charge in [-0.15, -0.1) is 0 Å². The van der Waals surface area contributed by atoms with E-state index in [-0.39, 0.29) is 18.2 Å². The Morgan fingerprint density at radius 1 is 0.914 bits per heavy atom. The number of carbonyl (C=O) groups excluding carboxylic acids is 2. The molecule has 184 valence electrons. The van der Waals surface area contributed by atoms with Gasteiger partial charge >= 0.3 is 0 Å². The largest absolute Gasteiger partial charge is 0.494 e. The highest BCUT2D eigenvalue weighted by Crippen LogP contribution is 2.27. The Bertz CT molecular complexity index is 1130. The maximum Gasteiger partial charge on any atom is 0.253 e. The van der Waals surface area contributed by atoms with Gasteiger partial charge in [0, 0.05) is 18.0 Å². The van der Waals surface area contributed by atoms with E-state index in [1.54, 1.807) is 62.8 Å². The van der Waals surface area contributed by atoms with E-state index in [2.05, 4.69) is 10.6 Å². The van der Waals surface area contributed by atoms with Gasteiger partial charge in [0.25, 0.3) is 5.91 Å². The van der Waals surface area contributed by atoms with Crippen LogP contribution in [0.15, 0.2) is 66.7 Å². The van der Waals surface area contributed by atoms with Crippen molar-refractivity contribution < 1.29 is 23.8 Å². The first-order valence-electron chi connectivity index (χ1n) is 11.3. The molecule has 0 saturated carbocycles.